The summed E-state index contributed by atoms with van der Waals surface area (Å²) in [6.07, 6.45) is 3.94. The molecule has 0 saturated carbocycles. The summed E-state index contributed by atoms with van der Waals surface area (Å²) in [5.41, 5.74) is 8.65. The van der Waals surface area contributed by atoms with Crippen molar-refractivity contribution in [3.8, 4) is 11.3 Å². The summed E-state index contributed by atoms with van der Waals surface area (Å²) in [6.45, 7) is 0. The lowest BCUT2D eigenvalue weighted by molar-refractivity contribution is 0.572. The van der Waals surface area contributed by atoms with Gasteiger partial charge in [-0.15, -0.1) is 0 Å². The predicted octanol–water partition coefficient (Wildman–Crippen LogP) is 4.70. The zero-order valence-corrected chi connectivity index (χ0v) is 11.0. The third-order valence-corrected chi connectivity index (χ3v) is 3.04. The molecule has 98 valence electrons. The van der Waals surface area contributed by atoms with Gasteiger partial charge in [0.15, 0.2) is 0 Å². The molecular formula is C18H15NO. The Morgan fingerprint density at radius 1 is 0.800 bits per heavy atom. The number of hydrogen-bond acceptors (Lipinski definition) is 2. The van der Waals surface area contributed by atoms with Gasteiger partial charge in [0.1, 0.15) is 11.5 Å². The van der Waals surface area contributed by atoms with Crippen LogP contribution in [0.2, 0.25) is 0 Å². The molecule has 0 spiro atoms. The molecule has 0 fully saturated rings. The minimum absolute atomic E-state index is 0.761. The van der Waals surface area contributed by atoms with Crippen molar-refractivity contribution in [1.29, 1.82) is 0 Å². The monoisotopic (exact) mass is 261 g/mol. The SMILES string of the molecule is Nc1cccc(C=Cc2ccc(-c3ccccc3)o2)c1. The summed E-state index contributed by atoms with van der Waals surface area (Å²) in [5.74, 6) is 1.70. The van der Waals surface area contributed by atoms with Crippen LogP contribution in [0.1, 0.15) is 11.3 Å². The molecule has 2 N–H and O–H groups in total. The van der Waals surface area contributed by atoms with Crippen molar-refractivity contribution in [3.63, 3.8) is 0 Å². The summed E-state index contributed by atoms with van der Waals surface area (Å²) in [6, 6.07) is 21.7. The third kappa shape index (κ3) is 2.81. The van der Waals surface area contributed by atoms with Gasteiger partial charge in [0.2, 0.25) is 0 Å². The van der Waals surface area contributed by atoms with E-state index >= 15 is 0 Å². The Hall–Kier alpha value is -2.74. The van der Waals surface area contributed by atoms with Crippen molar-refractivity contribution in [2.75, 3.05) is 5.73 Å². The molecule has 2 aromatic carbocycles. The summed E-state index contributed by atoms with van der Waals surface area (Å²) in [4.78, 5) is 0. The van der Waals surface area contributed by atoms with E-state index in [-0.39, 0.29) is 0 Å². The van der Waals surface area contributed by atoms with E-state index in [0.717, 1.165) is 28.3 Å². The smallest absolute Gasteiger partial charge is 0.134 e. The molecule has 0 saturated heterocycles. The fraction of sp³-hybridized carbons (Fsp3) is 0. The van der Waals surface area contributed by atoms with Gasteiger partial charge in [-0.3, -0.25) is 0 Å². The van der Waals surface area contributed by atoms with Crippen LogP contribution in [0.25, 0.3) is 23.5 Å². The Balaban J connectivity index is 1.81. The summed E-state index contributed by atoms with van der Waals surface area (Å²) >= 11 is 0. The van der Waals surface area contributed by atoms with Crippen LogP contribution in [0, 0.1) is 0 Å². The lowest BCUT2D eigenvalue weighted by Gasteiger charge is -1.96. The van der Waals surface area contributed by atoms with Gasteiger partial charge in [0.05, 0.1) is 0 Å². The van der Waals surface area contributed by atoms with Gasteiger partial charge in [-0.2, -0.15) is 0 Å². The first kappa shape index (κ1) is 12.3. The van der Waals surface area contributed by atoms with E-state index in [1.54, 1.807) is 0 Å². The molecule has 2 heteroatoms. The molecule has 20 heavy (non-hydrogen) atoms. The highest BCUT2D eigenvalue weighted by atomic mass is 16.3. The number of anilines is 1. The van der Waals surface area contributed by atoms with Crippen molar-refractivity contribution in [2.24, 2.45) is 0 Å². The molecule has 3 rings (SSSR count). The molecule has 1 aromatic heterocycles. The van der Waals surface area contributed by atoms with Crippen LogP contribution in [0.4, 0.5) is 5.69 Å². The summed E-state index contributed by atoms with van der Waals surface area (Å²) < 4.78 is 5.80. The van der Waals surface area contributed by atoms with Crippen molar-refractivity contribution in [3.05, 3.63) is 78.1 Å². The Morgan fingerprint density at radius 2 is 1.65 bits per heavy atom. The predicted molar refractivity (Wildman–Crippen MR) is 83.9 cm³/mol. The summed E-state index contributed by atoms with van der Waals surface area (Å²) in [5, 5.41) is 0. The number of furan rings is 1. The van der Waals surface area contributed by atoms with Gasteiger partial charge in [0, 0.05) is 11.3 Å². The number of benzene rings is 2. The van der Waals surface area contributed by atoms with Crippen LogP contribution in [0.3, 0.4) is 0 Å². The van der Waals surface area contributed by atoms with Gasteiger partial charge in [0.25, 0.3) is 0 Å². The van der Waals surface area contributed by atoms with Crippen molar-refractivity contribution in [2.45, 2.75) is 0 Å². The normalized spacial score (nSPS) is 11.0. The van der Waals surface area contributed by atoms with Gasteiger partial charge in [-0.1, -0.05) is 48.5 Å². The largest absolute Gasteiger partial charge is 0.457 e. The second-order valence-electron chi connectivity index (χ2n) is 4.57. The topological polar surface area (TPSA) is 39.2 Å². The highest BCUT2D eigenvalue weighted by Crippen LogP contribution is 2.23. The van der Waals surface area contributed by atoms with Gasteiger partial charge in [-0.05, 0) is 35.9 Å². The molecular weight excluding hydrogens is 246 g/mol. The van der Waals surface area contributed by atoms with Crippen LogP contribution < -0.4 is 5.73 Å². The molecule has 3 aromatic rings. The number of nitrogens with two attached hydrogens (primary N) is 1. The standard InChI is InChI=1S/C18H15NO/c19-16-8-4-5-14(13-16)9-10-17-11-12-18(20-17)15-6-2-1-3-7-15/h1-13H,19H2. The van der Waals surface area contributed by atoms with Crippen LogP contribution >= 0.6 is 0 Å². The maximum absolute atomic E-state index is 5.80. The van der Waals surface area contributed by atoms with E-state index in [9.17, 15) is 0 Å². The number of nitrogen functional groups attached to an aromatic ring is 1. The highest BCUT2D eigenvalue weighted by molar-refractivity contribution is 5.70. The molecule has 0 bridgehead atoms. The fourth-order valence-corrected chi connectivity index (χ4v) is 2.04. The average molecular weight is 261 g/mol. The number of rotatable bonds is 3. The highest BCUT2D eigenvalue weighted by Gasteiger charge is 2.01. The van der Waals surface area contributed by atoms with Gasteiger partial charge < -0.3 is 10.2 Å². The van der Waals surface area contributed by atoms with E-state index in [4.69, 9.17) is 10.2 Å². The first-order chi connectivity index (χ1) is 9.81. The second-order valence-corrected chi connectivity index (χ2v) is 4.57. The minimum Gasteiger partial charge on any atom is -0.457 e. The van der Waals surface area contributed by atoms with E-state index in [0.29, 0.717) is 0 Å². The molecule has 2 nitrogen and oxygen atoms in total. The van der Waals surface area contributed by atoms with E-state index in [2.05, 4.69) is 0 Å². The molecule has 1 heterocycles. The van der Waals surface area contributed by atoms with Crippen molar-refractivity contribution in [1.82, 2.24) is 0 Å². The quantitative estimate of drug-likeness (QED) is 0.694. The fourth-order valence-electron chi connectivity index (χ4n) is 2.04. The van der Waals surface area contributed by atoms with Gasteiger partial charge in [-0.25, -0.2) is 0 Å². The zero-order chi connectivity index (χ0) is 13.8. The maximum atomic E-state index is 5.80. The molecule has 0 aliphatic heterocycles. The van der Waals surface area contributed by atoms with Crippen molar-refractivity contribution >= 4 is 17.8 Å². The molecule has 0 atom stereocenters. The van der Waals surface area contributed by atoms with Crippen LogP contribution in [0.15, 0.2) is 71.1 Å². The third-order valence-electron chi connectivity index (χ3n) is 3.04. The first-order valence-electron chi connectivity index (χ1n) is 6.50. The lowest BCUT2D eigenvalue weighted by atomic mass is 10.2. The summed E-state index contributed by atoms with van der Waals surface area (Å²) in [7, 11) is 0. The molecule has 0 radical (unpaired) electrons. The lowest BCUT2D eigenvalue weighted by Crippen LogP contribution is -1.83. The van der Waals surface area contributed by atoms with Gasteiger partial charge >= 0.3 is 0 Å². The molecule has 0 aliphatic rings. The van der Waals surface area contributed by atoms with Crippen molar-refractivity contribution < 1.29 is 4.42 Å². The van der Waals surface area contributed by atoms with E-state index in [1.807, 2.05) is 78.9 Å². The van der Waals surface area contributed by atoms with E-state index < -0.39 is 0 Å². The Bertz CT molecular complexity index is 726. The van der Waals surface area contributed by atoms with E-state index in [1.165, 1.54) is 0 Å². The Labute approximate surface area is 118 Å². The number of hydrogen-bond donors (Lipinski definition) is 1. The average Bonchev–Trinajstić information content (AvgIpc) is 2.95. The zero-order valence-electron chi connectivity index (χ0n) is 11.0. The molecule has 0 unspecified atom stereocenters. The molecule has 0 aliphatic carbocycles. The maximum Gasteiger partial charge on any atom is 0.134 e. The minimum atomic E-state index is 0.761. The van der Waals surface area contributed by atoms with Crippen LogP contribution in [-0.2, 0) is 0 Å². The van der Waals surface area contributed by atoms with Crippen LogP contribution in [-0.4, -0.2) is 0 Å². The molecule has 0 amide bonds. The first-order valence-corrected chi connectivity index (χ1v) is 6.50. The Kier molecular flexibility index (Phi) is 3.38. The van der Waals surface area contributed by atoms with Crippen LogP contribution in [0.5, 0.6) is 0 Å². The Morgan fingerprint density at radius 3 is 2.45 bits per heavy atom. The second kappa shape index (κ2) is 5.49.